The van der Waals surface area contributed by atoms with E-state index in [2.05, 4.69) is 9.97 Å². The van der Waals surface area contributed by atoms with Crippen molar-refractivity contribution in [3.8, 4) is 17.1 Å². The van der Waals surface area contributed by atoms with Crippen molar-refractivity contribution in [1.82, 2.24) is 9.97 Å². The maximum absolute atomic E-state index is 12.0. The third-order valence-corrected chi connectivity index (χ3v) is 3.35. The maximum Gasteiger partial charge on any atom is 0.259 e. The van der Waals surface area contributed by atoms with Gasteiger partial charge in [0, 0.05) is 10.0 Å². The minimum atomic E-state index is -0.305. The zero-order valence-corrected chi connectivity index (χ0v) is 11.5. The van der Waals surface area contributed by atoms with E-state index in [-0.39, 0.29) is 17.1 Å². The minimum absolute atomic E-state index is 0.0149. The zero-order chi connectivity index (χ0) is 14.3. The lowest BCUT2D eigenvalue weighted by Gasteiger charge is -2.06. The van der Waals surface area contributed by atoms with Gasteiger partial charge in [-0.15, -0.1) is 0 Å². The van der Waals surface area contributed by atoms with Gasteiger partial charge in [-0.05, 0) is 36.4 Å². The van der Waals surface area contributed by atoms with Crippen LogP contribution in [-0.2, 0) is 0 Å². The van der Waals surface area contributed by atoms with Crippen molar-refractivity contribution in [2.45, 2.75) is 0 Å². The number of aromatic amines is 1. The Morgan fingerprint density at radius 2 is 1.75 bits per heavy atom. The van der Waals surface area contributed by atoms with Crippen molar-refractivity contribution in [2.75, 3.05) is 0 Å². The molecule has 2 aromatic carbocycles. The number of phenols is 1. The molecule has 0 radical (unpaired) electrons. The average Bonchev–Trinajstić information content (AvgIpc) is 2.41. The summed E-state index contributed by atoms with van der Waals surface area (Å²) in [5, 5.41) is 11.2. The van der Waals surface area contributed by atoms with Crippen molar-refractivity contribution in [3.63, 3.8) is 0 Å². The third kappa shape index (κ3) is 2.24. The Hall–Kier alpha value is -2.04. The zero-order valence-electron chi connectivity index (χ0n) is 10.0. The highest BCUT2D eigenvalue weighted by molar-refractivity contribution is 6.31. The van der Waals surface area contributed by atoms with Gasteiger partial charge in [-0.2, -0.15) is 0 Å². The molecule has 0 aliphatic carbocycles. The summed E-state index contributed by atoms with van der Waals surface area (Å²) in [4.78, 5) is 19.0. The maximum atomic E-state index is 12.0. The Morgan fingerprint density at radius 1 is 1.05 bits per heavy atom. The number of phenolic OH excluding ortho intramolecular Hbond substituents is 1. The van der Waals surface area contributed by atoms with E-state index in [0.29, 0.717) is 26.5 Å². The lowest BCUT2D eigenvalue weighted by atomic mass is 10.1. The van der Waals surface area contributed by atoms with Crippen LogP contribution >= 0.6 is 23.2 Å². The second-order valence-electron chi connectivity index (χ2n) is 4.24. The van der Waals surface area contributed by atoms with Gasteiger partial charge in [0.05, 0.1) is 16.5 Å². The first-order valence-corrected chi connectivity index (χ1v) is 6.48. The summed E-state index contributed by atoms with van der Waals surface area (Å²) in [7, 11) is 0. The third-order valence-electron chi connectivity index (χ3n) is 2.88. The minimum Gasteiger partial charge on any atom is -0.507 e. The fourth-order valence-corrected chi connectivity index (χ4v) is 2.28. The second-order valence-corrected chi connectivity index (χ2v) is 5.11. The Kier molecular flexibility index (Phi) is 3.12. The Bertz CT molecular complexity index is 875. The van der Waals surface area contributed by atoms with Gasteiger partial charge in [0.1, 0.15) is 11.6 Å². The molecule has 6 heteroatoms. The van der Waals surface area contributed by atoms with Crippen LogP contribution in [0.4, 0.5) is 0 Å². The van der Waals surface area contributed by atoms with Crippen LogP contribution in [0.2, 0.25) is 10.0 Å². The number of halogens is 2. The highest BCUT2D eigenvalue weighted by atomic mass is 35.5. The largest absolute Gasteiger partial charge is 0.507 e. The summed E-state index contributed by atoms with van der Waals surface area (Å²) in [6.07, 6.45) is 0. The number of H-pyrrole nitrogens is 1. The summed E-state index contributed by atoms with van der Waals surface area (Å²) >= 11 is 11.8. The molecule has 0 atom stereocenters. The molecule has 1 aromatic heterocycles. The van der Waals surface area contributed by atoms with Gasteiger partial charge in [0.15, 0.2) is 0 Å². The van der Waals surface area contributed by atoms with Gasteiger partial charge in [0.2, 0.25) is 0 Å². The van der Waals surface area contributed by atoms with Crippen LogP contribution < -0.4 is 5.56 Å². The number of rotatable bonds is 1. The van der Waals surface area contributed by atoms with Gasteiger partial charge >= 0.3 is 0 Å². The van der Waals surface area contributed by atoms with Crippen LogP contribution in [0, 0.1) is 0 Å². The van der Waals surface area contributed by atoms with E-state index < -0.39 is 0 Å². The molecule has 3 aromatic rings. The van der Waals surface area contributed by atoms with E-state index in [9.17, 15) is 9.90 Å². The van der Waals surface area contributed by atoms with E-state index in [4.69, 9.17) is 23.2 Å². The van der Waals surface area contributed by atoms with Crippen LogP contribution in [0.1, 0.15) is 0 Å². The van der Waals surface area contributed by atoms with Gasteiger partial charge < -0.3 is 10.1 Å². The van der Waals surface area contributed by atoms with Crippen LogP contribution in [0.25, 0.3) is 22.3 Å². The van der Waals surface area contributed by atoms with Crippen LogP contribution in [0.3, 0.4) is 0 Å². The number of fused-ring (bicyclic) bond motifs is 1. The van der Waals surface area contributed by atoms with E-state index in [1.165, 1.54) is 12.1 Å². The van der Waals surface area contributed by atoms with Crippen molar-refractivity contribution in [1.29, 1.82) is 0 Å². The van der Waals surface area contributed by atoms with Crippen LogP contribution in [0.5, 0.6) is 5.75 Å². The predicted octanol–water partition coefficient (Wildman–Crippen LogP) is 3.60. The van der Waals surface area contributed by atoms with Crippen molar-refractivity contribution >= 4 is 34.1 Å². The molecule has 1 heterocycles. The van der Waals surface area contributed by atoms with Crippen LogP contribution in [-0.4, -0.2) is 15.1 Å². The van der Waals surface area contributed by atoms with Crippen molar-refractivity contribution < 1.29 is 5.11 Å². The standard InChI is InChI=1S/C14H8Cl2N2O2/c15-7-2-4-12(19)10(5-7)13-17-11-6-8(16)1-3-9(11)14(20)18-13/h1-6,19H,(H,17,18,20). The fraction of sp³-hybridized carbons (Fsp3) is 0. The topological polar surface area (TPSA) is 66.0 Å². The van der Waals surface area contributed by atoms with Crippen molar-refractivity contribution in [3.05, 3.63) is 56.8 Å². The summed E-state index contributed by atoms with van der Waals surface area (Å²) < 4.78 is 0. The normalized spacial score (nSPS) is 10.9. The fourth-order valence-electron chi connectivity index (χ4n) is 1.94. The second kappa shape index (κ2) is 4.81. The SMILES string of the molecule is O=c1[nH]c(-c2cc(Cl)ccc2O)nc2cc(Cl)ccc12. The first-order chi connectivity index (χ1) is 9.54. The quantitative estimate of drug-likeness (QED) is 0.722. The van der Waals surface area contributed by atoms with Gasteiger partial charge in [-0.25, -0.2) is 4.98 Å². The Labute approximate surface area is 123 Å². The lowest BCUT2D eigenvalue weighted by molar-refractivity contribution is 0.477. The highest BCUT2D eigenvalue weighted by Gasteiger charge is 2.10. The molecule has 0 bridgehead atoms. The van der Waals surface area contributed by atoms with E-state index in [1.54, 1.807) is 24.3 Å². The van der Waals surface area contributed by atoms with Gasteiger partial charge in [-0.3, -0.25) is 4.79 Å². The lowest BCUT2D eigenvalue weighted by Crippen LogP contribution is -2.09. The number of aromatic nitrogens is 2. The number of hydrogen-bond donors (Lipinski definition) is 2. The molecular weight excluding hydrogens is 299 g/mol. The smallest absolute Gasteiger partial charge is 0.259 e. The molecule has 0 spiro atoms. The first-order valence-electron chi connectivity index (χ1n) is 5.73. The Morgan fingerprint density at radius 3 is 2.55 bits per heavy atom. The molecule has 0 saturated heterocycles. The molecule has 100 valence electrons. The molecule has 2 N–H and O–H groups in total. The van der Waals surface area contributed by atoms with E-state index >= 15 is 0 Å². The molecule has 4 nitrogen and oxygen atoms in total. The van der Waals surface area contributed by atoms with Gasteiger partial charge in [-0.1, -0.05) is 23.2 Å². The summed E-state index contributed by atoms with van der Waals surface area (Å²) in [6, 6.07) is 9.35. The molecule has 0 amide bonds. The van der Waals surface area contributed by atoms with Crippen LogP contribution in [0.15, 0.2) is 41.2 Å². The first kappa shape index (κ1) is 13.0. The number of hydrogen-bond acceptors (Lipinski definition) is 3. The molecule has 3 rings (SSSR count). The molecule has 0 saturated carbocycles. The predicted molar refractivity (Wildman–Crippen MR) is 79.5 cm³/mol. The highest BCUT2D eigenvalue weighted by Crippen LogP contribution is 2.29. The molecule has 0 unspecified atom stereocenters. The number of nitrogens with one attached hydrogen (secondary N) is 1. The number of nitrogens with zero attached hydrogens (tertiary/aromatic N) is 1. The average molecular weight is 307 g/mol. The summed E-state index contributed by atoms with van der Waals surface area (Å²) in [5.74, 6) is 0.226. The molecular formula is C14H8Cl2N2O2. The Balaban J connectivity index is 2.32. The number of benzene rings is 2. The molecule has 0 aliphatic rings. The van der Waals surface area contributed by atoms with E-state index in [0.717, 1.165) is 0 Å². The molecule has 0 fully saturated rings. The number of aromatic hydroxyl groups is 1. The summed E-state index contributed by atoms with van der Waals surface area (Å²) in [5.41, 5.74) is 0.508. The summed E-state index contributed by atoms with van der Waals surface area (Å²) in [6.45, 7) is 0. The van der Waals surface area contributed by atoms with E-state index in [1.807, 2.05) is 0 Å². The molecule has 0 aliphatic heterocycles. The van der Waals surface area contributed by atoms with Crippen molar-refractivity contribution in [2.24, 2.45) is 0 Å². The van der Waals surface area contributed by atoms with Gasteiger partial charge in [0.25, 0.3) is 5.56 Å². The molecule has 20 heavy (non-hydrogen) atoms. The monoisotopic (exact) mass is 306 g/mol.